The molecular formula is C18H28N4O4S. The van der Waals surface area contributed by atoms with Gasteiger partial charge in [-0.1, -0.05) is 12.1 Å². The van der Waals surface area contributed by atoms with E-state index in [2.05, 4.69) is 20.9 Å². The van der Waals surface area contributed by atoms with Crippen LogP contribution < -0.4 is 20.7 Å². The van der Waals surface area contributed by atoms with Crippen LogP contribution in [0.3, 0.4) is 0 Å². The Balaban J connectivity index is 1.62. The fraction of sp³-hybridized carbons (Fsp3) is 0.556. The molecule has 1 fully saturated rings. The fourth-order valence-electron chi connectivity index (χ4n) is 2.84. The van der Waals surface area contributed by atoms with Gasteiger partial charge >= 0.3 is 0 Å². The van der Waals surface area contributed by atoms with E-state index < -0.39 is 9.84 Å². The number of hydrogen-bond acceptors (Lipinski definition) is 5. The van der Waals surface area contributed by atoms with E-state index in [9.17, 15) is 13.2 Å². The number of amides is 1. The highest BCUT2D eigenvalue weighted by molar-refractivity contribution is 7.91. The Morgan fingerprint density at radius 2 is 1.93 bits per heavy atom. The number of nitrogens with zero attached hydrogens (tertiary/aromatic N) is 1. The van der Waals surface area contributed by atoms with Crippen LogP contribution in [-0.2, 0) is 21.1 Å². The lowest BCUT2D eigenvalue weighted by molar-refractivity contribution is -0.121. The smallest absolute Gasteiger partial charge is 0.222 e. The molecule has 9 heteroatoms. The number of rotatable bonds is 8. The largest absolute Gasteiger partial charge is 0.497 e. The molecule has 0 radical (unpaired) electrons. The van der Waals surface area contributed by atoms with Crippen LogP contribution in [0, 0.1) is 0 Å². The molecule has 1 aromatic carbocycles. The van der Waals surface area contributed by atoms with Crippen LogP contribution in [0.4, 0.5) is 0 Å². The first kappa shape index (κ1) is 21.0. The molecule has 1 heterocycles. The first-order valence-corrected chi connectivity index (χ1v) is 10.8. The van der Waals surface area contributed by atoms with Crippen LogP contribution in [0.1, 0.15) is 18.4 Å². The third kappa shape index (κ3) is 7.46. The molecule has 27 heavy (non-hydrogen) atoms. The van der Waals surface area contributed by atoms with Crippen molar-refractivity contribution in [2.75, 3.05) is 38.8 Å². The zero-order chi connectivity index (χ0) is 19.7. The van der Waals surface area contributed by atoms with Crippen LogP contribution in [0.2, 0.25) is 0 Å². The summed E-state index contributed by atoms with van der Waals surface area (Å²) in [7, 11) is 0.331. The summed E-state index contributed by atoms with van der Waals surface area (Å²) >= 11 is 0. The van der Waals surface area contributed by atoms with Gasteiger partial charge in [0, 0.05) is 32.6 Å². The van der Waals surface area contributed by atoms with Gasteiger partial charge in [-0.15, -0.1) is 0 Å². The molecule has 150 valence electrons. The van der Waals surface area contributed by atoms with Gasteiger partial charge in [0.15, 0.2) is 15.8 Å². The second-order valence-electron chi connectivity index (χ2n) is 6.44. The number of carbonyl (C=O) groups is 1. The molecule has 0 bridgehead atoms. The average Bonchev–Trinajstić information content (AvgIpc) is 2.99. The molecule has 0 saturated carbocycles. The van der Waals surface area contributed by atoms with Gasteiger partial charge in [-0.25, -0.2) is 8.42 Å². The summed E-state index contributed by atoms with van der Waals surface area (Å²) < 4.78 is 27.9. The van der Waals surface area contributed by atoms with E-state index >= 15 is 0 Å². The fourth-order valence-corrected chi connectivity index (χ4v) is 4.51. The minimum Gasteiger partial charge on any atom is -0.497 e. The predicted molar refractivity (Wildman–Crippen MR) is 106 cm³/mol. The number of carbonyl (C=O) groups excluding carboxylic acids is 1. The Labute approximate surface area is 160 Å². The molecule has 1 aliphatic rings. The maximum atomic E-state index is 11.9. The zero-order valence-corrected chi connectivity index (χ0v) is 16.6. The Morgan fingerprint density at radius 1 is 1.22 bits per heavy atom. The molecule has 1 aliphatic heterocycles. The lowest BCUT2D eigenvalue weighted by Gasteiger charge is -2.13. The van der Waals surface area contributed by atoms with Crippen molar-refractivity contribution in [3.05, 3.63) is 29.8 Å². The summed E-state index contributed by atoms with van der Waals surface area (Å²) in [5.41, 5.74) is 1.18. The molecule has 1 atom stereocenters. The average molecular weight is 397 g/mol. The molecule has 1 unspecified atom stereocenters. The maximum Gasteiger partial charge on any atom is 0.222 e. The van der Waals surface area contributed by atoms with Crippen molar-refractivity contribution in [3.8, 4) is 5.75 Å². The highest BCUT2D eigenvalue weighted by Crippen LogP contribution is 2.12. The van der Waals surface area contributed by atoms with Crippen LogP contribution in [0.15, 0.2) is 29.3 Å². The number of methoxy groups -OCH3 is 1. The second-order valence-corrected chi connectivity index (χ2v) is 8.67. The number of guanidine groups is 1. The Hall–Kier alpha value is -2.29. The summed E-state index contributed by atoms with van der Waals surface area (Å²) in [4.78, 5) is 16.0. The Kier molecular flexibility index (Phi) is 7.90. The molecule has 3 N–H and O–H groups in total. The van der Waals surface area contributed by atoms with Crippen LogP contribution in [-0.4, -0.2) is 65.1 Å². The topological polar surface area (TPSA) is 109 Å². The van der Waals surface area contributed by atoms with Gasteiger partial charge in [0.2, 0.25) is 5.91 Å². The maximum absolute atomic E-state index is 11.9. The third-order valence-electron chi connectivity index (χ3n) is 4.33. The van der Waals surface area contributed by atoms with Crippen molar-refractivity contribution in [1.82, 2.24) is 16.0 Å². The molecule has 1 aromatic rings. The minimum absolute atomic E-state index is 0.0424. The summed E-state index contributed by atoms with van der Waals surface area (Å²) in [5.74, 6) is 1.50. The first-order valence-electron chi connectivity index (χ1n) is 8.99. The number of ether oxygens (including phenoxy) is 1. The van der Waals surface area contributed by atoms with E-state index in [4.69, 9.17) is 4.74 Å². The summed E-state index contributed by atoms with van der Waals surface area (Å²) in [6, 6.07) is 7.63. The van der Waals surface area contributed by atoms with E-state index in [-0.39, 0.29) is 29.9 Å². The first-order chi connectivity index (χ1) is 12.9. The molecule has 0 aromatic heterocycles. The van der Waals surface area contributed by atoms with Crippen molar-refractivity contribution in [2.45, 2.75) is 25.3 Å². The normalized spacial score (nSPS) is 18.7. The number of benzene rings is 1. The van der Waals surface area contributed by atoms with Crippen molar-refractivity contribution in [1.29, 1.82) is 0 Å². The molecule has 8 nitrogen and oxygen atoms in total. The van der Waals surface area contributed by atoms with Crippen LogP contribution in [0.5, 0.6) is 5.75 Å². The van der Waals surface area contributed by atoms with Crippen molar-refractivity contribution in [2.24, 2.45) is 4.99 Å². The van der Waals surface area contributed by atoms with E-state index in [1.165, 1.54) is 5.56 Å². The standard InChI is InChI=1S/C18H28N4O4S/c1-19-18(20-10-7-14-3-5-16(26-2)6-4-14)21-11-8-17(23)22-15-9-12-27(24,25)13-15/h3-6,15H,7-13H2,1-2H3,(H,22,23)(H2,19,20,21). The Bertz CT molecular complexity index is 747. The number of aliphatic imine (C=N–C) groups is 1. The molecule has 1 saturated heterocycles. The lowest BCUT2D eigenvalue weighted by atomic mass is 10.1. The second kappa shape index (κ2) is 10.1. The number of sulfone groups is 1. The van der Waals surface area contributed by atoms with E-state index in [0.717, 1.165) is 12.2 Å². The quantitative estimate of drug-likeness (QED) is 0.425. The predicted octanol–water partition coefficient (Wildman–Crippen LogP) is 0.0961. The number of nitrogens with one attached hydrogen (secondary N) is 3. The lowest BCUT2D eigenvalue weighted by Crippen LogP contribution is -2.41. The van der Waals surface area contributed by atoms with Gasteiger partial charge in [0.25, 0.3) is 0 Å². The van der Waals surface area contributed by atoms with Gasteiger partial charge in [0.05, 0.1) is 18.6 Å². The Morgan fingerprint density at radius 3 is 2.52 bits per heavy atom. The summed E-state index contributed by atoms with van der Waals surface area (Å²) in [6.45, 7) is 1.13. The van der Waals surface area contributed by atoms with Gasteiger partial charge in [-0.3, -0.25) is 9.79 Å². The minimum atomic E-state index is -2.98. The zero-order valence-electron chi connectivity index (χ0n) is 15.8. The highest BCUT2D eigenvalue weighted by atomic mass is 32.2. The third-order valence-corrected chi connectivity index (χ3v) is 6.10. The molecule has 0 aliphatic carbocycles. The van der Waals surface area contributed by atoms with Gasteiger partial charge in [-0.05, 0) is 30.5 Å². The van der Waals surface area contributed by atoms with E-state index in [1.807, 2.05) is 24.3 Å². The molecular weight excluding hydrogens is 368 g/mol. The summed E-state index contributed by atoms with van der Waals surface area (Å²) in [6.07, 6.45) is 1.59. The monoisotopic (exact) mass is 396 g/mol. The summed E-state index contributed by atoms with van der Waals surface area (Å²) in [5, 5.41) is 9.06. The van der Waals surface area contributed by atoms with Crippen molar-refractivity contribution >= 4 is 21.7 Å². The van der Waals surface area contributed by atoms with Gasteiger partial charge < -0.3 is 20.7 Å². The number of hydrogen-bond donors (Lipinski definition) is 3. The van der Waals surface area contributed by atoms with E-state index in [1.54, 1.807) is 14.2 Å². The van der Waals surface area contributed by atoms with Crippen LogP contribution in [0.25, 0.3) is 0 Å². The van der Waals surface area contributed by atoms with Crippen molar-refractivity contribution < 1.29 is 17.9 Å². The highest BCUT2D eigenvalue weighted by Gasteiger charge is 2.28. The van der Waals surface area contributed by atoms with Gasteiger partial charge in [0.1, 0.15) is 5.75 Å². The van der Waals surface area contributed by atoms with E-state index in [0.29, 0.717) is 25.5 Å². The van der Waals surface area contributed by atoms with Crippen LogP contribution >= 0.6 is 0 Å². The SMILES string of the molecule is CN=C(NCCC(=O)NC1CCS(=O)(=O)C1)NCCc1ccc(OC)cc1. The molecule has 1 amide bonds. The molecule has 2 rings (SSSR count). The van der Waals surface area contributed by atoms with Gasteiger partial charge in [-0.2, -0.15) is 0 Å². The van der Waals surface area contributed by atoms with Crippen molar-refractivity contribution in [3.63, 3.8) is 0 Å². The molecule has 0 spiro atoms.